The van der Waals surface area contributed by atoms with E-state index < -0.39 is 0 Å². The van der Waals surface area contributed by atoms with E-state index in [9.17, 15) is 4.79 Å². The number of nitrogens with one attached hydrogen (secondary N) is 1. The first kappa shape index (κ1) is 13.6. The number of hydrogen-bond donors (Lipinski definition) is 1. The van der Waals surface area contributed by atoms with Gasteiger partial charge in [0.05, 0.1) is 6.61 Å². The molecular weight excluding hydrogens is 252 g/mol. The fourth-order valence-electron chi connectivity index (χ4n) is 3.31. The highest BCUT2D eigenvalue weighted by Crippen LogP contribution is 2.27. The molecule has 108 valence electrons. The number of hydrogen-bond acceptors (Lipinski definition) is 3. The van der Waals surface area contributed by atoms with Crippen molar-refractivity contribution in [1.82, 2.24) is 10.2 Å². The first-order valence-corrected chi connectivity index (χ1v) is 7.38. The van der Waals surface area contributed by atoms with Crippen LogP contribution in [0.25, 0.3) is 0 Å². The van der Waals surface area contributed by atoms with Gasteiger partial charge in [0.25, 0.3) is 0 Å². The second kappa shape index (κ2) is 5.94. The molecule has 1 aromatic carbocycles. The Hall–Kier alpha value is -1.39. The third kappa shape index (κ3) is 2.58. The minimum absolute atomic E-state index is 0.166. The lowest BCUT2D eigenvalue weighted by atomic mass is 9.93. The zero-order valence-corrected chi connectivity index (χ0v) is 12.0. The summed E-state index contributed by atoms with van der Waals surface area (Å²) >= 11 is 0. The monoisotopic (exact) mass is 274 g/mol. The fourth-order valence-corrected chi connectivity index (χ4v) is 3.31. The molecule has 1 fully saturated rings. The van der Waals surface area contributed by atoms with E-state index in [0.29, 0.717) is 5.92 Å². The van der Waals surface area contributed by atoms with Crippen LogP contribution in [0.3, 0.4) is 0 Å². The van der Waals surface area contributed by atoms with Crippen LogP contribution < -0.4 is 5.32 Å². The van der Waals surface area contributed by atoms with E-state index in [1.165, 1.54) is 5.56 Å². The first-order chi connectivity index (χ1) is 9.79. The Morgan fingerprint density at radius 2 is 2.30 bits per heavy atom. The molecule has 2 atom stereocenters. The average Bonchev–Trinajstić information content (AvgIpc) is 2.95. The van der Waals surface area contributed by atoms with Gasteiger partial charge in [-0.05, 0) is 24.0 Å². The minimum atomic E-state index is -0.166. The summed E-state index contributed by atoms with van der Waals surface area (Å²) < 4.78 is 5.20. The maximum absolute atomic E-state index is 12.7. The molecule has 0 aliphatic carbocycles. The van der Waals surface area contributed by atoms with Crippen molar-refractivity contribution in [2.75, 3.05) is 33.4 Å². The van der Waals surface area contributed by atoms with Gasteiger partial charge in [-0.1, -0.05) is 24.3 Å². The molecule has 4 nitrogen and oxygen atoms in total. The van der Waals surface area contributed by atoms with Crippen molar-refractivity contribution in [1.29, 1.82) is 0 Å². The second-order valence-corrected chi connectivity index (χ2v) is 5.73. The van der Waals surface area contributed by atoms with Crippen molar-refractivity contribution >= 4 is 5.91 Å². The Morgan fingerprint density at radius 1 is 1.45 bits per heavy atom. The van der Waals surface area contributed by atoms with E-state index >= 15 is 0 Å². The van der Waals surface area contributed by atoms with Crippen molar-refractivity contribution in [2.45, 2.75) is 18.9 Å². The van der Waals surface area contributed by atoms with Crippen molar-refractivity contribution in [3.05, 3.63) is 35.4 Å². The van der Waals surface area contributed by atoms with Crippen LogP contribution in [0.15, 0.2) is 24.3 Å². The van der Waals surface area contributed by atoms with Gasteiger partial charge >= 0.3 is 0 Å². The molecule has 0 bridgehead atoms. The summed E-state index contributed by atoms with van der Waals surface area (Å²) in [5, 5.41) is 3.38. The highest BCUT2D eigenvalue weighted by molar-refractivity contribution is 5.84. The van der Waals surface area contributed by atoms with E-state index in [-0.39, 0.29) is 11.9 Å². The third-order valence-corrected chi connectivity index (χ3v) is 4.36. The number of methoxy groups -OCH3 is 1. The van der Waals surface area contributed by atoms with Gasteiger partial charge in [0.2, 0.25) is 5.91 Å². The Morgan fingerprint density at radius 3 is 3.15 bits per heavy atom. The molecule has 1 saturated heterocycles. The number of fused-ring (bicyclic) bond motifs is 1. The number of likely N-dealkylation sites (tertiary alicyclic amines) is 1. The normalized spacial score (nSPS) is 25.6. The summed E-state index contributed by atoms with van der Waals surface area (Å²) in [5.41, 5.74) is 2.45. The van der Waals surface area contributed by atoms with E-state index in [0.717, 1.165) is 44.6 Å². The topological polar surface area (TPSA) is 41.6 Å². The number of carbonyl (C=O) groups is 1. The highest BCUT2D eigenvalue weighted by Gasteiger charge is 2.33. The van der Waals surface area contributed by atoms with Crippen LogP contribution in [0, 0.1) is 5.92 Å². The molecule has 1 amide bonds. The van der Waals surface area contributed by atoms with E-state index in [1.807, 2.05) is 11.0 Å². The van der Waals surface area contributed by atoms with E-state index in [4.69, 9.17) is 4.74 Å². The minimum Gasteiger partial charge on any atom is -0.384 e. The summed E-state index contributed by atoms with van der Waals surface area (Å²) in [6, 6.07) is 8.11. The predicted molar refractivity (Wildman–Crippen MR) is 77.5 cm³/mol. The van der Waals surface area contributed by atoms with Crippen LogP contribution in [-0.2, 0) is 16.0 Å². The summed E-state index contributed by atoms with van der Waals surface area (Å²) in [4.78, 5) is 14.7. The number of carbonyl (C=O) groups excluding carboxylic acids is 1. The number of ether oxygens (including phenoxy) is 1. The fraction of sp³-hybridized carbons (Fsp3) is 0.562. The zero-order chi connectivity index (χ0) is 13.9. The van der Waals surface area contributed by atoms with E-state index in [1.54, 1.807) is 7.11 Å². The Labute approximate surface area is 120 Å². The zero-order valence-electron chi connectivity index (χ0n) is 12.0. The largest absolute Gasteiger partial charge is 0.384 e. The second-order valence-electron chi connectivity index (χ2n) is 5.73. The number of amides is 1. The van der Waals surface area contributed by atoms with Gasteiger partial charge in [0.1, 0.15) is 6.04 Å². The molecule has 0 radical (unpaired) electrons. The summed E-state index contributed by atoms with van der Waals surface area (Å²) in [6.45, 7) is 3.31. The third-order valence-electron chi connectivity index (χ3n) is 4.36. The van der Waals surface area contributed by atoms with Gasteiger partial charge in [-0.25, -0.2) is 0 Å². The maximum Gasteiger partial charge on any atom is 0.244 e. The number of rotatable bonds is 3. The van der Waals surface area contributed by atoms with Crippen LogP contribution in [-0.4, -0.2) is 44.2 Å². The van der Waals surface area contributed by atoms with Crippen molar-refractivity contribution in [3.63, 3.8) is 0 Å². The van der Waals surface area contributed by atoms with Crippen molar-refractivity contribution in [3.8, 4) is 0 Å². The smallest absolute Gasteiger partial charge is 0.244 e. The van der Waals surface area contributed by atoms with Crippen LogP contribution in [0.1, 0.15) is 23.6 Å². The molecule has 2 aliphatic rings. The number of benzene rings is 1. The summed E-state index contributed by atoms with van der Waals surface area (Å²) in [7, 11) is 1.73. The Kier molecular flexibility index (Phi) is 4.03. The molecule has 2 heterocycles. The van der Waals surface area contributed by atoms with Crippen LogP contribution in [0.5, 0.6) is 0 Å². The van der Waals surface area contributed by atoms with Crippen LogP contribution >= 0.6 is 0 Å². The molecule has 0 saturated carbocycles. The molecular formula is C16H22N2O2. The lowest BCUT2D eigenvalue weighted by Crippen LogP contribution is -2.43. The van der Waals surface area contributed by atoms with Crippen LogP contribution in [0.2, 0.25) is 0 Å². The molecule has 1 N–H and O–H groups in total. The lowest BCUT2D eigenvalue weighted by molar-refractivity contribution is -0.132. The predicted octanol–water partition coefficient (Wildman–Crippen LogP) is 1.37. The molecule has 0 aromatic heterocycles. The highest BCUT2D eigenvalue weighted by atomic mass is 16.5. The molecule has 3 rings (SSSR count). The Bertz CT molecular complexity index is 489. The molecule has 4 heteroatoms. The first-order valence-electron chi connectivity index (χ1n) is 7.38. The van der Waals surface area contributed by atoms with Crippen molar-refractivity contribution in [2.24, 2.45) is 5.92 Å². The van der Waals surface area contributed by atoms with Gasteiger partial charge in [-0.2, -0.15) is 0 Å². The van der Waals surface area contributed by atoms with Crippen LogP contribution in [0.4, 0.5) is 0 Å². The maximum atomic E-state index is 12.7. The van der Waals surface area contributed by atoms with Gasteiger partial charge in [0.15, 0.2) is 0 Å². The van der Waals surface area contributed by atoms with Gasteiger partial charge in [0, 0.05) is 32.7 Å². The van der Waals surface area contributed by atoms with Gasteiger partial charge in [-0.3, -0.25) is 4.79 Å². The van der Waals surface area contributed by atoms with Gasteiger partial charge < -0.3 is 15.0 Å². The molecule has 1 aromatic rings. The van der Waals surface area contributed by atoms with E-state index in [2.05, 4.69) is 23.5 Å². The standard InChI is InChI=1S/C16H22N2O2/c1-20-11-12-7-9-18(10-12)16(19)15-14-5-3-2-4-13(14)6-8-17-15/h2-5,12,15,17H,6-11H2,1H3. The SMILES string of the molecule is COCC1CCN(C(=O)C2NCCc3ccccc32)C1. The molecule has 20 heavy (non-hydrogen) atoms. The Balaban J connectivity index is 1.73. The molecule has 0 spiro atoms. The molecule has 2 unspecified atom stereocenters. The quantitative estimate of drug-likeness (QED) is 0.905. The average molecular weight is 274 g/mol. The summed E-state index contributed by atoms with van der Waals surface area (Å²) in [6.07, 6.45) is 2.06. The number of nitrogens with zero attached hydrogens (tertiary/aromatic N) is 1. The van der Waals surface area contributed by atoms with Crippen molar-refractivity contribution < 1.29 is 9.53 Å². The summed E-state index contributed by atoms with van der Waals surface area (Å²) in [5.74, 6) is 0.707. The van der Waals surface area contributed by atoms with Gasteiger partial charge in [-0.15, -0.1) is 0 Å². The molecule has 2 aliphatic heterocycles. The lowest BCUT2D eigenvalue weighted by Gasteiger charge is -2.29.